The third kappa shape index (κ3) is 6.18. The molecule has 0 aliphatic carbocycles. The maximum absolute atomic E-state index is 12.1. The molecule has 29 heavy (non-hydrogen) atoms. The molecule has 9 nitrogen and oxygen atoms in total. The molecule has 0 spiro atoms. The van der Waals surface area contributed by atoms with Crippen molar-refractivity contribution in [3.8, 4) is 0 Å². The number of thiol groups is 1. The highest BCUT2D eigenvalue weighted by molar-refractivity contribution is 7.81. The van der Waals surface area contributed by atoms with E-state index in [9.17, 15) is 9.59 Å². The highest BCUT2D eigenvalue weighted by atomic mass is 32.1. The van der Waals surface area contributed by atoms with Crippen molar-refractivity contribution in [2.45, 2.75) is 19.3 Å². The van der Waals surface area contributed by atoms with E-state index in [0.717, 1.165) is 24.8 Å². The number of hydrogen-bond donors (Lipinski definition) is 4. The van der Waals surface area contributed by atoms with Crippen LogP contribution in [0, 0.1) is 0 Å². The molecule has 0 atom stereocenters. The predicted molar refractivity (Wildman–Crippen MR) is 112 cm³/mol. The summed E-state index contributed by atoms with van der Waals surface area (Å²) in [6, 6.07) is 7.69. The summed E-state index contributed by atoms with van der Waals surface area (Å²) in [7, 11) is 0. The lowest BCUT2D eigenvalue weighted by molar-refractivity contribution is -0.118. The summed E-state index contributed by atoms with van der Waals surface area (Å²) in [5, 5.41) is 8.46. The largest absolute Gasteiger partial charge is 0.423 e. The van der Waals surface area contributed by atoms with Gasteiger partial charge in [-0.2, -0.15) is 17.6 Å². The molecule has 0 aliphatic heterocycles. The molecule has 2 aromatic heterocycles. The van der Waals surface area contributed by atoms with Crippen LogP contribution in [0.4, 0.5) is 12.0 Å². The number of amides is 2. The average Bonchev–Trinajstić information content (AvgIpc) is 3.15. The van der Waals surface area contributed by atoms with Gasteiger partial charge in [0.2, 0.25) is 11.9 Å². The van der Waals surface area contributed by atoms with Gasteiger partial charge < -0.3 is 15.1 Å². The van der Waals surface area contributed by atoms with Crippen LogP contribution in [-0.4, -0.2) is 45.6 Å². The Labute approximate surface area is 173 Å². The van der Waals surface area contributed by atoms with Crippen LogP contribution in [0.15, 0.2) is 41.1 Å². The number of nitrogens with one attached hydrogen (secondary N) is 3. The molecule has 2 amide bonds. The van der Waals surface area contributed by atoms with Crippen molar-refractivity contribution in [2.24, 2.45) is 0 Å². The van der Waals surface area contributed by atoms with Crippen molar-refractivity contribution < 1.29 is 14.0 Å². The predicted octanol–water partition coefficient (Wildman–Crippen LogP) is 2.31. The number of oxazole rings is 1. The zero-order chi connectivity index (χ0) is 20.5. The zero-order valence-electron chi connectivity index (χ0n) is 15.7. The number of para-hydroxylation sites is 2. The Balaban J connectivity index is 1.40. The Hall–Kier alpha value is -3.14. The van der Waals surface area contributed by atoms with E-state index < -0.39 is 0 Å². The van der Waals surface area contributed by atoms with E-state index in [4.69, 9.17) is 4.42 Å². The lowest BCUT2D eigenvalue weighted by Gasteiger charge is -2.06. The Morgan fingerprint density at radius 2 is 1.72 bits per heavy atom. The van der Waals surface area contributed by atoms with Crippen molar-refractivity contribution in [3.63, 3.8) is 0 Å². The second-order valence-corrected chi connectivity index (χ2v) is 6.55. The molecule has 0 aliphatic rings. The summed E-state index contributed by atoms with van der Waals surface area (Å²) in [5.74, 6) is 0.176. The van der Waals surface area contributed by atoms with Gasteiger partial charge in [-0.1, -0.05) is 12.1 Å². The number of rotatable bonds is 10. The first-order chi connectivity index (χ1) is 14.2. The molecule has 10 heteroatoms. The van der Waals surface area contributed by atoms with Crippen LogP contribution >= 0.6 is 12.6 Å². The molecule has 2 heterocycles. The number of anilines is 2. The van der Waals surface area contributed by atoms with Crippen LogP contribution in [0.3, 0.4) is 0 Å². The van der Waals surface area contributed by atoms with Gasteiger partial charge in [-0.15, -0.1) is 0 Å². The maximum atomic E-state index is 12.1. The summed E-state index contributed by atoms with van der Waals surface area (Å²) >= 11 is 3.89. The van der Waals surface area contributed by atoms with Gasteiger partial charge in [0, 0.05) is 25.5 Å². The maximum Gasteiger partial charge on any atom is 0.302 e. The van der Waals surface area contributed by atoms with Crippen molar-refractivity contribution >= 4 is 47.5 Å². The fourth-order valence-corrected chi connectivity index (χ4v) is 2.66. The first kappa shape index (κ1) is 20.6. The molecule has 0 fully saturated rings. The summed E-state index contributed by atoms with van der Waals surface area (Å²) < 4.78 is 5.55. The number of nitrogens with zero attached hydrogens (tertiary/aromatic N) is 3. The molecule has 3 aromatic rings. The molecule has 0 bridgehead atoms. The van der Waals surface area contributed by atoms with E-state index in [2.05, 4.69) is 43.5 Å². The van der Waals surface area contributed by atoms with E-state index in [1.807, 2.05) is 24.3 Å². The van der Waals surface area contributed by atoms with Gasteiger partial charge in [0.05, 0.1) is 11.3 Å². The Morgan fingerprint density at radius 1 is 1.00 bits per heavy atom. The summed E-state index contributed by atoms with van der Waals surface area (Å²) in [6.07, 6.45) is 5.47. The van der Waals surface area contributed by atoms with Crippen LogP contribution in [0.2, 0.25) is 0 Å². The number of fused-ring (bicyclic) bond motifs is 1. The minimum Gasteiger partial charge on any atom is -0.423 e. The quantitative estimate of drug-likeness (QED) is 0.297. The van der Waals surface area contributed by atoms with Gasteiger partial charge in [-0.05, 0) is 31.4 Å². The van der Waals surface area contributed by atoms with Crippen molar-refractivity contribution in [1.29, 1.82) is 0 Å². The molecule has 1 aromatic carbocycles. The molecule has 3 rings (SSSR count). The van der Waals surface area contributed by atoms with Crippen LogP contribution in [0.25, 0.3) is 11.1 Å². The zero-order valence-corrected chi connectivity index (χ0v) is 16.6. The highest BCUT2D eigenvalue weighted by Gasteiger charge is 2.09. The summed E-state index contributed by atoms with van der Waals surface area (Å²) in [4.78, 5) is 35.7. The van der Waals surface area contributed by atoms with E-state index in [0.29, 0.717) is 24.2 Å². The standard InChI is InChI=1S/C19H22N6O3S/c26-16(12-29)20-8-4-1-5-9-21-17(27)13-10-22-18(23-11-13)25-19-24-14-6-2-3-7-15(14)28-19/h2-3,6-7,10-11,29H,1,4-5,8-9,12H2,(H,20,26)(H,21,27)(H,22,23,24,25). The van der Waals surface area contributed by atoms with Crippen LogP contribution < -0.4 is 16.0 Å². The van der Waals surface area contributed by atoms with Gasteiger partial charge in [0.25, 0.3) is 5.91 Å². The smallest absolute Gasteiger partial charge is 0.302 e. The van der Waals surface area contributed by atoms with E-state index in [1.54, 1.807) is 0 Å². The van der Waals surface area contributed by atoms with E-state index in [1.165, 1.54) is 12.4 Å². The molecule has 0 radical (unpaired) electrons. The Bertz CT molecular complexity index is 927. The first-order valence-electron chi connectivity index (χ1n) is 9.26. The normalized spacial score (nSPS) is 10.7. The average molecular weight is 414 g/mol. The van der Waals surface area contributed by atoms with Gasteiger partial charge in [-0.3, -0.25) is 14.9 Å². The fraction of sp³-hybridized carbons (Fsp3) is 0.316. The number of unbranched alkanes of at least 4 members (excludes halogenated alkanes) is 2. The van der Waals surface area contributed by atoms with Crippen LogP contribution in [0.1, 0.15) is 29.6 Å². The summed E-state index contributed by atoms with van der Waals surface area (Å²) in [6.45, 7) is 1.16. The number of carbonyl (C=O) groups is 2. The van der Waals surface area contributed by atoms with Crippen LogP contribution in [0.5, 0.6) is 0 Å². The number of aromatic nitrogens is 3. The second-order valence-electron chi connectivity index (χ2n) is 6.23. The van der Waals surface area contributed by atoms with E-state index >= 15 is 0 Å². The molecule has 0 saturated heterocycles. The minimum absolute atomic E-state index is 0.0734. The molecule has 0 unspecified atom stereocenters. The van der Waals surface area contributed by atoms with Gasteiger partial charge in [0.1, 0.15) is 5.52 Å². The third-order valence-electron chi connectivity index (χ3n) is 4.03. The van der Waals surface area contributed by atoms with Crippen molar-refractivity contribution in [1.82, 2.24) is 25.6 Å². The Kier molecular flexibility index (Phi) is 7.40. The van der Waals surface area contributed by atoms with Crippen molar-refractivity contribution in [2.75, 3.05) is 24.2 Å². The first-order valence-corrected chi connectivity index (χ1v) is 9.89. The topological polar surface area (TPSA) is 122 Å². The highest BCUT2D eigenvalue weighted by Crippen LogP contribution is 2.19. The van der Waals surface area contributed by atoms with Crippen LogP contribution in [-0.2, 0) is 4.79 Å². The molecular weight excluding hydrogens is 392 g/mol. The Morgan fingerprint density at radius 3 is 2.45 bits per heavy atom. The molecule has 3 N–H and O–H groups in total. The number of carbonyl (C=O) groups excluding carboxylic acids is 2. The van der Waals surface area contributed by atoms with Gasteiger partial charge >= 0.3 is 6.01 Å². The number of benzene rings is 1. The lowest BCUT2D eigenvalue weighted by Crippen LogP contribution is -2.26. The number of hydrogen-bond acceptors (Lipinski definition) is 8. The minimum atomic E-state index is -0.234. The fourth-order valence-electron chi connectivity index (χ4n) is 2.55. The summed E-state index contributed by atoms with van der Waals surface area (Å²) in [5.41, 5.74) is 1.76. The monoisotopic (exact) mass is 414 g/mol. The molecule has 152 valence electrons. The third-order valence-corrected chi connectivity index (χ3v) is 4.32. The molecule has 0 saturated carbocycles. The van der Waals surface area contributed by atoms with E-state index in [-0.39, 0.29) is 29.5 Å². The molecular formula is C19H22N6O3S. The second kappa shape index (κ2) is 10.4. The lowest BCUT2D eigenvalue weighted by atomic mass is 10.2. The van der Waals surface area contributed by atoms with Gasteiger partial charge in [-0.25, -0.2) is 9.97 Å². The van der Waals surface area contributed by atoms with Crippen molar-refractivity contribution in [3.05, 3.63) is 42.2 Å². The van der Waals surface area contributed by atoms with Gasteiger partial charge in [0.15, 0.2) is 5.58 Å². The SMILES string of the molecule is O=C(CS)NCCCCCNC(=O)c1cnc(Nc2nc3ccccc3o2)nc1.